The number of nitrogens with zero attached hydrogens (tertiary/aromatic N) is 3. The summed E-state index contributed by atoms with van der Waals surface area (Å²) in [5.74, 6) is 0. The second-order valence-corrected chi connectivity index (χ2v) is 5.83. The molecule has 0 fully saturated rings. The van der Waals surface area contributed by atoms with E-state index in [1.54, 1.807) is 17.5 Å². The van der Waals surface area contributed by atoms with E-state index in [-0.39, 0.29) is 22.3 Å². The Morgan fingerprint density at radius 2 is 2.04 bits per heavy atom. The van der Waals surface area contributed by atoms with Crippen molar-refractivity contribution in [3.8, 4) is 10.6 Å². The maximum absolute atomic E-state index is 12.7. The highest BCUT2D eigenvalue weighted by Gasteiger charge is 2.30. The molecule has 0 saturated heterocycles. The molecule has 0 amide bonds. The van der Waals surface area contributed by atoms with Crippen LogP contribution in [0.3, 0.4) is 0 Å². The summed E-state index contributed by atoms with van der Waals surface area (Å²) in [6.45, 7) is -1.52. The Hall–Kier alpha value is -2.75. The first-order valence-corrected chi connectivity index (χ1v) is 7.44. The highest BCUT2D eigenvalue weighted by molar-refractivity contribution is 7.13. The standard InChI is InChI=1S/C14H8F3N3O3S/c15-14(16,17)7-19-10-4-3-8(20(22)23)6-9(10)12(18-13(19)21)11-2-1-5-24-11/h1-6H,7H2. The zero-order valence-corrected chi connectivity index (χ0v) is 12.6. The molecule has 0 aliphatic rings. The SMILES string of the molecule is O=c1nc(-c2cccs2)c2cc([N+](=O)[O-])ccc2n1CC(F)(F)F. The Labute approximate surface area is 136 Å². The number of nitro groups is 1. The zero-order valence-electron chi connectivity index (χ0n) is 11.8. The summed E-state index contributed by atoms with van der Waals surface area (Å²) in [6, 6.07) is 6.65. The molecule has 3 aromatic rings. The Bertz CT molecular complexity index is 981. The van der Waals surface area contributed by atoms with Crippen LogP contribution in [-0.2, 0) is 6.54 Å². The second kappa shape index (κ2) is 5.71. The van der Waals surface area contributed by atoms with E-state index in [0.717, 1.165) is 18.2 Å². The molecule has 0 bridgehead atoms. The van der Waals surface area contributed by atoms with Crippen molar-refractivity contribution in [3.05, 3.63) is 56.3 Å². The fraction of sp³-hybridized carbons (Fsp3) is 0.143. The first-order chi connectivity index (χ1) is 11.3. The second-order valence-electron chi connectivity index (χ2n) is 4.88. The van der Waals surface area contributed by atoms with E-state index >= 15 is 0 Å². The predicted molar refractivity (Wildman–Crippen MR) is 82.0 cm³/mol. The molecule has 0 aliphatic heterocycles. The smallest absolute Gasteiger partial charge is 0.283 e. The molecule has 2 heterocycles. The van der Waals surface area contributed by atoms with Gasteiger partial charge in [-0.15, -0.1) is 11.3 Å². The van der Waals surface area contributed by atoms with Crippen molar-refractivity contribution in [1.82, 2.24) is 9.55 Å². The van der Waals surface area contributed by atoms with Gasteiger partial charge < -0.3 is 0 Å². The van der Waals surface area contributed by atoms with Crippen LogP contribution >= 0.6 is 11.3 Å². The van der Waals surface area contributed by atoms with Crippen LogP contribution in [0, 0.1) is 10.1 Å². The number of rotatable bonds is 3. The molecule has 2 aromatic heterocycles. The minimum Gasteiger partial charge on any atom is -0.283 e. The van der Waals surface area contributed by atoms with Crippen molar-refractivity contribution in [3.63, 3.8) is 0 Å². The number of hydrogen-bond acceptors (Lipinski definition) is 5. The average Bonchev–Trinajstić information content (AvgIpc) is 3.02. The molecular formula is C14H8F3N3O3S. The van der Waals surface area contributed by atoms with Crippen LogP contribution in [0.5, 0.6) is 0 Å². The Morgan fingerprint density at radius 3 is 2.62 bits per heavy atom. The summed E-state index contributed by atoms with van der Waals surface area (Å²) in [6.07, 6.45) is -4.62. The lowest BCUT2D eigenvalue weighted by Crippen LogP contribution is -2.30. The minimum atomic E-state index is -4.62. The topological polar surface area (TPSA) is 78.0 Å². The number of halogens is 3. The summed E-state index contributed by atoms with van der Waals surface area (Å²) >= 11 is 1.23. The van der Waals surface area contributed by atoms with Gasteiger partial charge in [-0.1, -0.05) is 6.07 Å². The number of alkyl halides is 3. The lowest BCUT2D eigenvalue weighted by atomic mass is 10.1. The van der Waals surface area contributed by atoms with Gasteiger partial charge in [0, 0.05) is 17.5 Å². The molecule has 0 aliphatic carbocycles. The van der Waals surface area contributed by atoms with Crippen LogP contribution < -0.4 is 5.69 Å². The van der Waals surface area contributed by atoms with Crippen LogP contribution in [-0.4, -0.2) is 20.7 Å². The van der Waals surface area contributed by atoms with Gasteiger partial charge in [0.25, 0.3) is 5.69 Å². The van der Waals surface area contributed by atoms with Crippen molar-refractivity contribution < 1.29 is 18.1 Å². The summed E-state index contributed by atoms with van der Waals surface area (Å²) in [5, 5.41) is 12.8. The van der Waals surface area contributed by atoms with Crippen molar-refractivity contribution >= 4 is 27.9 Å². The molecule has 0 unspecified atom stereocenters. The quantitative estimate of drug-likeness (QED) is 0.531. The Balaban J connectivity index is 2.36. The fourth-order valence-electron chi connectivity index (χ4n) is 2.32. The number of nitro benzene ring substituents is 1. The molecule has 24 heavy (non-hydrogen) atoms. The number of hydrogen-bond donors (Lipinski definition) is 0. The lowest BCUT2D eigenvalue weighted by Gasteiger charge is -2.13. The van der Waals surface area contributed by atoms with Crippen molar-refractivity contribution in [1.29, 1.82) is 0 Å². The average molecular weight is 355 g/mol. The van der Waals surface area contributed by atoms with Gasteiger partial charge in [-0.3, -0.25) is 14.7 Å². The summed E-state index contributed by atoms with van der Waals surface area (Å²) in [7, 11) is 0. The van der Waals surface area contributed by atoms with E-state index in [2.05, 4.69) is 4.98 Å². The maximum atomic E-state index is 12.7. The number of aromatic nitrogens is 2. The Kier molecular flexibility index (Phi) is 3.84. The molecule has 0 N–H and O–H groups in total. The third-order valence-electron chi connectivity index (χ3n) is 3.27. The number of benzene rings is 1. The van der Waals surface area contributed by atoms with Gasteiger partial charge in [-0.2, -0.15) is 18.2 Å². The van der Waals surface area contributed by atoms with E-state index in [4.69, 9.17) is 0 Å². The Morgan fingerprint density at radius 1 is 1.29 bits per heavy atom. The van der Waals surface area contributed by atoms with Crippen LogP contribution in [0.25, 0.3) is 21.5 Å². The summed E-state index contributed by atoms with van der Waals surface area (Å²) in [4.78, 5) is 26.6. The molecule has 3 rings (SSSR count). The van der Waals surface area contributed by atoms with Crippen molar-refractivity contribution in [2.24, 2.45) is 0 Å². The van der Waals surface area contributed by atoms with Crippen LogP contribution in [0.1, 0.15) is 0 Å². The molecule has 6 nitrogen and oxygen atoms in total. The first kappa shape index (κ1) is 16.1. The van der Waals surface area contributed by atoms with E-state index in [1.807, 2.05) is 0 Å². The van der Waals surface area contributed by atoms with E-state index in [9.17, 15) is 28.1 Å². The third-order valence-corrected chi connectivity index (χ3v) is 4.14. The van der Waals surface area contributed by atoms with Gasteiger partial charge >= 0.3 is 11.9 Å². The predicted octanol–water partition coefficient (Wildman–Crippen LogP) is 3.60. The molecule has 124 valence electrons. The molecule has 10 heteroatoms. The van der Waals surface area contributed by atoms with Crippen molar-refractivity contribution in [2.45, 2.75) is 12.7 Å². The van der Waals surface area contributed by atoms with Gasteiger partial charge in [-0.25, -0.2) is 4.79 Å². The molecule has 0 spiro atoms. The summed E-state index contributed by atoms with van der Waals surface area (Å²) in [5.41, 5.74) is -1.27. The molecule has 0 saturated carbocycles. The zero-order chi connectivity index (χ0) is 17.5. The van der Waals surface area contributed by atoms with Crippen LogP contribution in [0.15, 0.2) is 40.5 Å². The number of non-ortho nitro benzene ring substituents is 1. The summed E-state index contributed by atoms with van der Waals surface area (Å²) < 4.78 is 38.7. The van der Waals surface area contributed by atoms with E-state index in [1.165, 1.54) is 11.3 Å². The third kappa shape index (κ3) is 3.00. The molecule has 1 aromatic carbocycles. The highest BCUT2D eigenvalue weighted by Crippen LogP contribution is 2.32. The molecular weight excluding hydrogens is 347 g/mol. The van der Waals surface area contributed by atoms with Gasteiger partial charge in [0.05, 0.1) is 21.0 Å². The van der Waals surface area contributed by atoms with E-state index in [0.29, 0.717) is 9.44 Å². The maximum Gasteiger partial charge on any atom is 0.406 e. The fourth-order valence-corrected chi connectivity index (χ4v) is 3.04. The minimum absolute atomic E-state index is 0.0543. The van der Waals surface area contributed by atoms with Gasteiger partial charge in [0.1, 0.15) is 6.54 Å². The van der Waals surface area contributed by atoms with E-state index < -0.39 is 23.3 Å². The van der Waals surface area contributed by atoms with Gasteiger partial charge in [0.2, 0.25) is 0 Å². The number of thiophene rings is 1. The number of fused-ring (bicyclic) bond motifs is 1. The monoisotopic (exact) mass is 355 g/mol. The van der Waals surface area contributed by atoms with Crippen LogP contribution in [0.2, 0.25) is 0 Å². The largest absolute Gasteiger partial charge is 0.406 e. The molecule has 0 radical (unpaired) electrons. The lowest BCUT2D eigenvalue weighted by molar-refractivity contribution is -0.384. The highest BCUT2D eigenvalue weighted by atomic mass is 32.1. The van der Waals surface area contributed by atoms with Gasteiger partial charge in [-0.05, 0) is 17.5 Å². The van der Waals surface area contributed by atoms with Crippen LogP contribution in [0.4, 0.5) is 18.9 Å². The first-order valence-electron chi connectivity index (χ1n) is 6.56. The normalized spacial score (nSPS) is 11.8. The van der Waals surface area contributed by atoms with Gasteiger partial charge in [0.15, 0.2) is 0 Å². The van der Waals surface area contributed by atoms with Crippen molar-refractivity contribution in [2.75, 3.05) is 0 Å². The molecule has 0 atom stereocenters.